The number of hydrogen-bond acceptors (Lipinski definition) is 3. The van der Waals surface area contributed by atoms with Gasteiger partial charge in [-0.05, 0) is 48.7 Å². The minimum atomic E-state index is -0.179. The largest absolute Gasteiger partial charge is 0.488 e. The highest BCUT2D eigenvalue weighted by Gasteiger charge is 2.07. The topological polar surface area (TPSA) is 50.7 Å². The van der Waals surface area contributed by atoms with Gasteiger partial charge in [-0.15, -0.1) is 0 Å². The van der Waals surface area contributed by atoms with Crippen LogP contribution in [0.5, 0.6) is 5.75 Å². The lowest BCUT2D eigenvalue weighted by Gasteiger charge is -2.10. The van der Waals surface area contributed by atoms with Crippen LogP contribution in [0.25, 0.3) is 0 Å². The first-order valence-electron chi connectivity index (χ1n) is 9.35. The van der Waals surface area contributed by atoms with E-state index in [1.54, 1.807) is 24.4 Å². The van der Waals surface area contributed by atoms with Crippen LogP contribution in [0, 0.1) is 13.8 Å². The van der Waals surface area contributed by atoms with E-state index in [0.717, 1.165) is 16.7 Å². The van der Waals surface area contributed by atoms with Crippen molar-refractivity contribution in [2.24, 2.45) is 5.10 Å². The van der Waals surface area contributed by atoms with Crippen LogP contribution in [0.1, 0.15) is 27.8 Å². The second-order valence-corrected chi connectivity index (χ2v) is 7.29. The van der Waals surface area contributed by atoms with Crippen LogP contribution in [0.3, 0.4) is 0 Å². The van der Waals surface area contributed by atoms with Crippen LogP contribution in [-0.2, 0) is 17.8 Å². The van der Waals surface area contributed by atoms with Gasteiger partial charge in [0.1, 0.15) is 12.4 Å². The lowest BCUT2D eigenvalue weighted by molar-refractivity contribution is -0.120. The number of amides is 1. The van der Waals surface area contributed by atoms with Gasteiger partial charge in [-0.3, -0.25) is 4.79 Å². The number of hydrazone groups is 1. The Balaban J connectivity index is 1.63. The standard InChI is InChI=1S/C24H23ClN2O2/c1-17-8-9-20(18(2)12-17)14-24(28)27-26-15-21-13-22(25)10-11-23(21)29-16-19-6-4-3-5-7-19/h3-13,15H,14,16H2,1-2H3,(H,27,28)/b26-15+. The second-order valence-electron chi connectivity index (χ2n) is 6.86. The number of halogens is 1. The molecule has 0 aromatic heterocycles. The van der Waals surface area contributed by atoms with Gasteiger partial charge in [0.25, 0.3) is 0 Å². The summed E-state index contributed by atoms with van der Waals surface area (Å²) in [7, 11) is 0. The highest BCUT2D eigenvalue weighted by Crippen LogP contribution is 2.22. The van der Waals surface area contributed by atoms with Crippen LogP contribution in [-0.4, -0.2) is 12.1 Å². The van der Waals surface area contributed by atoms with Gasteiger partial charge < -0.3 is 4.74 Å². The average Bonchev–Trinajstić information content (AvgIpc) is 2.70. The van der Waals surface area contributed by atoms with Crippen LogP contribution in [0.2, 0.25) is 5.02 Å². The summed E-state index contributed by atoms with van der Waals surface area (Å²) < 4.78 is 5.90. The number of aryl methyl sites for hydroxylation is 2. The molecule has 29 heavy (non-hydrogen) atoms. The van der Waals surface area contributed by atoms with Crippen molar-refractivity contribution in [2.75, 3.05) is 0 Å². The van der Waals surface area contributed by atoms with Gasteiger partial charge in [-0.2, -0.15) is 5.10 Å². The fourth-order valence-corrected chi connectivity index (χ4v) is 3.10. The van der Waals surface area contributed by atoms with Crippen molar-refractivity contribution >= 4 is 23.7 Å². The zero-order valence-electron chi connectivity index (χ0n) is 16.5. The first-order valence-corrected chi connectivity index (χ1v) is 9.73. The van der Waals surface area contributed by atoms with E-state index in [0.29, 0.717) is 22.9 Å². The maximum absolute atomic E-state index is 12.2. The van der Waals surface area contributed by atoms with Crippen molar-refractivity contribution in [3.63, 3.8) is 0 Å². The van der Waals surface area contributed by atoms with Gasteiger partial charge in [0.2, 0.25) is 5.91 Å². The van der Waals surface area contributed by atoms with Gasteiger partial charge in [-0.25, -0.2) is 5.43 Å². The molecule has 0 aliphatic rings. The fourth-order valence-electron chi connectivity index (χ4n) is 2.92. The third-order valence-electron chi connectivity index (χ3n) is 4.45. The van der Waals surface area contributed by atoms with E-state index < -0.39 is 0 Å². The van der Waals surface area contributed by atoms with Crippen molar-refractivity contribution < 1.29 is 9.53 Å². The molecule has 0 atom stereocenters. The van der Waals surface area contributed by atoms with Crippen LogP contribution < -0.4 is 10.2 Å². The molecule has 0 aliphatic carbocycles. The quantitative estimate of drug-likeness (QED) is 0.431. The van der Waals surface area contributed by atoms with Crippen molar-refractivity contribution in [3.05, 3.63) is 99.6 Å². The van der Waals surface area contributed by atoms with Crippen molar-refractivity contribution in [1.82, 2.24) is 5.43 Å². The maximum Gasteiger partial charge on any atom is 0.244 e. The summed E-state index contributed by atoms with van der Waals surface area (Å²) in [5, 5.41) is 4.65. The van der Waals surface area contributed by atoms with E-state index in [1.807, 2.05) is 56.3 Å². The number of carbonyl (C=O) groups excluding carboxylic acids is 1. The summed E-state index contributed by atoms with van der Waals surface area (Å²) >= 11 is 6.11. The summed E-state index contributed by atoms with van der Waals surface area (Å²) in [6.07, 6.45) is 1.82. The Morgan fingerprint density at radius 3 is 2.62 bits per heavy atom. The number of rotatable bonds is 7. The molecule has 0 radical (unpaired) electrons. The number of nitrogens with zero attached hydrogens (tertiary/aromatic N) is 1. The predicted molar refractivity (Wildman–Crippen MR) is 118 cm³/mol. The lowest BCUT2D eigenvalue weighted by Crippen LogP contribution is -2.20. The molecule has 3 aromatic rings. The first kappa shape index (κ1) is 20.6. The molecule has 4 nitrogen and oxygen atoms in total. The molecule has 3 rings (SSSR count). The molecule has 0 saturated heterocycles. The normalized spacial score (nSPS) is 10.9. The predicted octanol–water partition coefficient (Wildman–Crippen LogP) is 5.23. The van der Waals surface area contributed by atoms with E-state index in [2.05, 4.69) is 16.6 Å². The van der Waals surface area contributed by atoms with E-state index in [1.165, 1.54) is 5.56 Å². The van der Waals surface area contributed by atoms with Crippen molar-refractivity contribution in [3.8, 4) is 5.75 Å². The van der Waals surface area contributed by atoms with Gasteiger partial charge in [0.15, 0.2) is 0 Å². The van der Waals surface area contributed by atoms with Gasteiger partial charge in [0.05, 0.1) is 12.6 Å². The maximum atomic E-state index is 12.2. The number of hydrogen-bond donors (Lipinski definition) is 1. The summed E-state index contributed by atoms with van der Waals surface area (Å²) in [5.74, 6) is 0.465. The summed E-state index contributed by atoms with van der Waals surface area (Å²) in [4.78, 5) is 12.2. The second kappa shape index (κ2) is 9.89. The van der Waals surface area contributed by atoms with Crippen LogP contribution in [0.15, 0.2) is 71.8 Å². The summed E-state index contributed by atoms with van der Waals surface area (Å²) in [6, 6.07) is 21.2. The van der Waals surface area contributed by atoms with Crippen LogP contribution >= 0.6 is 11.6 Å². The van der Waals surface area contributed by atoms with Crippen LogP contribution in [0.4, 0.5) is 0 Å². The molecule has 148 valence electrons. The minimum absolute atomic E-state index is 0.179. The number of carbonyl (C=O) groups is 1. The molecule has 0 bridgehead atoms. The van der Waals surface area contributed by atoms with Crippen molar-refractivity contribution in [2.45, 2.75) is 26.9 Å². The molecular formula is C24H23ClN2O2. The molecule has 0 heterocycles. The highest BCUT2D eigenvalue weighted by atomic mass is 35.5. The summed E-state index contributed by atoms with van der Waals surface area (Å²) in [6.45, 7) is 4.47. The lowest BCUT2D eigenvalue weighted by atomic mass is 10.0. The third kappa shape index (κ3) is 6.19. The molecule has 5 heteroatoms. The Kier molecular flexibility index (Phi) is 7.04. The van der Waals surface area contributed by atoms with E-state index in [-0.39, 0.29) is 12.3 Å². The molecule has 1 amide bonds. The Bertz CT molecular complexity index is 1020. The zero-order chi connectivity index (χ0) is 20.6. The molecular weight excluding hydrogens is 384 g/mol. The minimum Gasteiger partial charge on any atom is -0.488 e. The Hall–Kier alpha value is -3.11. The monoisotopic (exact) mass is 406 g/mol. The number of benzene rings is 3. The molecule has 1 N–H and O–H groups in total. The molecule has 0 aliphatic heterocycles. The fraction of sp³-hybridized carbons (Fsp3) is 0.167. The third-order valence-corrected chi connectivity index (χ3v) is 4.69. The van der Waals surface area contributed by atoms with E-state index in [4.69, 9.17) is 16.3 Å². The van der Waals surface area contributed by atoms with Gasteiger partial charge in [-0.1, -0.05) is 65.7 Å². The van der Waals surface area contributed by atoms with E-state index in [9.17, 15) is 4.79 Å². The number of nitrogens with one attached hydrogen (secondary N) is 1. The van der Waals surface area contributed by atoms with E-state index >= 15 is 0 Å². The SMILES string of the molecule is Cc1ccc(CC(=O)N/N=C/c2cc(Cl)ccc2OCc2ccccc2)c(C)c1. The number of ether oxygens (including phenoxy) is 1. The Labute approximate surface area is 176 Å². The molecule has 0 spiro atoms. The first-order chi connectivity index (χ1) is 14.0. The Morgan fingerprint density at radius 1 is 1.07 bits per heavy atom. The Morgan fingerprint density at radius 2 is 1.86 bits per heavy atom. The molecule has 0 unspecified atom stereocenters. The van der Waals surface area contributed by atoms with Gasteiger partial charge in [0, 0.05) is 10.6 Å². The molecule has 3 aromatic carbocycles. The zero-order valence-corrected chi connectivity index (χ0v) is 17.2. The van der Waals surface area contributed by atoms with Crippen molar-refractivity contribution in [1.29, 1.82) is 0 Å². The highest BCUT2D eigenvalue weighted by molar-refractivity contribution is 6.30. The van der Waals surface area contributed by atoms with Gasteiger partial charge >= 0.3 is 0 Å². The molecule has 0 saturated carbocycles. The summed E-state index contributed by atoms with van der Waals surface area (Å²) in [5.41, 5.74) is 7.58. The molecule has 0 fully saturated rings. The smallest absolute Gasteiger partial charge is 0.244 e. The average molecular weight is 407 g/mol.